The summed E-state index contributed by atoms with van der Waals surface area (Å²) >= 11 is 0. The lowest BCUT2D eigenvalue weighted by atomic mass is 10.3. The average molecular weight is 254 g/mol. The van der Waals surface area contributed by atoms with E-state index in [4.69, 9.17) is 4.52 Å². The predicted molar refractivity (Wildman–Crippen MR) is 52.6 cm³/mol. The molecule has 1 aromatic carbocycles. The van der Waals surface area contributed by atoms with E-state index >= 15 is 0 Å². The maximum atomic E-state index is 12.1. The van der Waals surface area contributed by atoms with E-state index in [0.717, 1.165) is 7.11 Å². The molecule has 0 N–H and O–H groups in total. The van der Waals surface area contributed by atoms with E-state index in [2.05, 4.69) is 4.52 Å². The quantitative estimate of drug-likeness (QED) is 0.772. The van der Waals surface area contributed by atoms with Gasteiger partial charge in [-0.1, -0.05) is 18.2 Å². The topological polar surface area (TPSA) is 35.5 Å². The van der Waals surface area contributed by atoms with Crippen molar-refractivity contribution in [2.45, 2.75) is 6.18 Å². The molecule has 0 spiro atoms. The summed E-state index contributed by atoms with van der Waals surface area (Å²) in [6, 6.07) is 7.59. The van der Waals surface area contributed by atoms with Gasteiger partial charge < -0.3 is 9.05 Å². The fourth-order valence-corrected chi connectivity index (χ4v) is 2.15. The molecular weight excluding hydrogens is 244 g/mol. The van der Waals surface area contributed by atoms with Gasteiger partial charge in [0.2, 0.25) is 0 Å². The molecule has 0 aliphatic heterocycles. The van der Waals surface area contributed by atoms with Crippen LogP contribution < -0.4 is 4.52 Å². The van der Waals surface area contributed by atoms with Crippen LogP contribution in [0.15, 0.2) is 30.3 Å². The van der Waals surface area contributed by atoms with Crippen LogP contribution >= 0.6 is 7.60 Å². The van der Waals surface area contributed by atoms with Crippen molar-refractivity contribution in [2.24, 2.45) is 0 Å². The third-order valence-electron chi connectivity index (χ3n) is 1.64. The van der Waals surface area contributed by atoms with Crippen LogP contribution in [0.1, 0.15) is 0 Å². The Kier molecular flexibility index (Phi) is 3.99. The highest BCUT2D eigenvalue weighted by Crippen LogP contribution is 2.51. The largest absolute Gasteiger partial charge is 0.424 e. The van der Waals surface area contributed by atoms with Gasteiger partial charge in [0.1, 0.15) is 5.75 Å². The van der Waals surface area contributed by atoms with E-state index in [0.29, 0.717) is 0 Å². The molecule has 1 aromatic rings. The Hall–Kier alpha value is -1.00. The molecule has 0 saturated carbocycles. The fourth-order valence-electron chi connectivity index (χ4n) is 0.996. The minimum atomic E-state index is -4.60. The Bertz CT molecular complexity index is 377. The fraction of sp³-hybridized carbons (Fsp3) is 0.333. The molecule has 1 rings (SSSR count). The molecule has 0 amide bonds. The van der Waals surface area contributed by atoms with Gasteiger partial charge in [-0.05, 0) is 12.1 Å². The first-order chi connectivity index (χ1) is 7.35. The summed E-state index contributed by atoms with van der Waals surface area (Å²) in [6.07, 6.45) is -6.20. The van der Waals surface area contributed by atoms with Gasteiger partial charge in [0, 0.05) is 7.11 Å². The van der Waals surface area contributed by atoms with Crippen LogP contribution in [0.2, 0.25) is 0 Å². The van der Waals surface area contributed by atoms with E-state index < -0.39 is 19.9 Å². The first-order valence-corrected chi connectivity index (χ1v) is 6.04. The molecule has 0 heterocycles. The highest BCUT2D eigenvalue weighted by atomic mass is 31.2. The second kappa shape index (κ2) is 4.89. The maximum Gasteiger partial charge on any atom is 0.401 e. The monoisotopic (exact) mass is 254 g/mol. The van der Waals surface area contributed by atoms with Crippen LogP contribution in [0.4, 0.5) is 13.2 Å². The zero-order chi connectivity index (χ0) is 12.2. The molecule has 0 aliphatic rings. The number of hydrogen-bond donors (Lipinski definition) is 0. The van der Waals surface area contributed by atoms with Crippen LogP contribution in [0.3, 0.4) is 0 Å². The number of rotatable bonds is 4. The van der Waals surface area contributed by atoms with Crippen molar-refractivity contribution in [3.63, 3.8) is 0 Å². The molecule has 3 nitrogen and oxygen atoms in total. The van der Waals surface area contributed by atoms with Crippen LogP contribution in [-0.2, 0) is 9.09 Å². The minimum Gasteiger partial charge on any atom is -0.424 e. The summed E-state index contributed by atoms with van der Waals surface area (Å²) in [5.74, 6) is 0.0805. The number of hydrogen-bond acceptors (Lipinski definition) is 3. The van der Waals surface area contributed by atoms with Crippen LogP contribution in [0, 0.1) is 0 Å². The molecular formula is C9H10F3O3P. The number of alkyl halides is 3. The van der Waals surface area contributed by atoms with Crippen molar-refractivity contribution in [1.82, 2.24) is 0 Å². The predicted octanol–water partition coefficient (Wildman–Crippen LogP) is 3.47. The van der Waals surface area contributed by atoms with E-state index in [-0.39, 0.29) is 5.75 Å². The Balaban J connectivity index is 2.79. The highest BCUT2D eigenvalue weighted by Gasteiger charge is 2.41. The van der Waals surface area contributed by atoms with E-state index in [9.17, 15) is 17.7 Å². The summed E-state index contributed by atoms with van der Waals surface area (Å²) in [5.41, 5.74) is 0. The van der Waals surface area contributed by atoms with E-state index in [1.54, 1.807) is 18.2 Å². The van der Waals surface area contributed by atoms with Crippen molar-refractivity contribution in [2.75, 3.05) is 13.3 Å². The molecule has 90 valence electrons. The third kappa shape index (κ3) is 4.24. The molecule has 0 aromatic heterocycles. The van der Waals surface area contributed by atoms with Crippen molar-refractivity contribution in [3.8, 4) is 5.75 Å². The average Bonchev–Trinajstić information content (AvgIpc) is 2.16. The van der Waals surface area contributed by atoms with Gasteiger partial charge in [-0.3, -0.25) is 0 Å². The molecule has 0 radical (unpaired) electrons. The van der Waals surface area contributed by atoms with Gasteiger partial charge in [0.15, 0.2) is 6.16 Å². The summed E-state index contributed by atoms with van der Waals surface area (Å²) in [6.45, 7) is 0. The molecule has 1 unspecified atom stereocenters. The van der Waals surface area contributed by atoms with Gasteiger partial charge in [-0.25, -0.2) is 4.57 Å². The lowest BCUT2D eigenvalue weighted by Gasteiger charge is -2.18. The standard InChI is InChI=1S/C9H10F3O3P/c1-14-16(13,7-9(10,11)12)15-8-5-3-2-4-6-8/h2-6H,7H2,1H3. The van der Waals surface area contributed by atoms with Gasteiger partial charge in [-0.2, -0.15) is 13.2 Å². The van der Waals surface area contributed by atoms with Crippen molar-refractivity contribution in [3.05, 3.63) is 30.3 Å². The Morgan fingerprint density at radius 2 is 1.81 bits per heavy atom. The Labute approximate surface area is 90.7 Å². The van der Waals surface area contributed by atoms with Gasteiger partial charge in [-0.15, -0.1) is 0 Å². The first kappa shape index (κ1) is 13.1. The molecule has 0 fully saturated rings. The van der Waals surface area contributed by atoms with Gasteiger partial charge in [0.05, 0.1) is 0 Å². The smallest absolute Gasteiger partial charge is 0.401 e. The first-order valence-electron chi connectivity index (χ1n) is 4.31. The van der Waals surface area contributed by atoms with Crippen LogP contribution in [-0.4, -0.2) is 19.4 Å². The second-order valence-electron chi connectivity index (χ2n) is 2.97. The van der Waals surface area contributed by atoms with Gasteiger partial charge >= 0.3 is 13.8 Å². The zero-order valence-corrected chi connectivity index (χ0v) is 9.29. The maximum absolute atomic E-state index is 12.1. The highest BCUT2D eigenvalue weighted by molar-refractivity contribution is 7.54. The molecule has 1 atom stereocenters. The van der Waals surface area contributed by atoms with E-state index in [1.807, 2.05) is 0 Å². The lowest BCUT2D eigenvalue weighted by Crippen LogP contribution is -2.17. The summed E-state index contributed by atoms with van der Waals surface area (Å²) < 4.78 is 57.0. The van der Waals surface area contributed by atoms with Gasteiger partial charge in [0.25, 0.3) is 0 Å². The Morgan fingerprint density at radius 1 is 1.25 bits per heavy atom. The molecule has 0 bridgehead atoms. The van der Waals surface area contributed by atoms with Crippen LogP contribution in [0.5, 0.6) is 5.75 Å². The molecule has 7 heteroatoms. The summed E-state index contributed by atoms with van der Waals surface area (Å²) in [7, 11) is -3.24. The number of para-hydroxylation sites is 1. The summed E-state index contributed by atoms with van der Waals surface area (Å²) in [5, 5.41) is 0. The van der Waals surface area contributed by atoms with Crippen LogP contribution in [0.25, 0.3) is 0 Å². The zero-order valence-electron chi connectivity index (χ0n) is 8.40. The second-order valence-corrected chi connectivity index (χ2v) is 5.06. The third-order valence-corrected chi connectivity index (χ3v) is 3.43. The van der Waals surface area contributed by atoms with E-state index in [1.165, 1.54) is 12.1 Å². The lowest BCUT2D eigenvalue weighted by molar-refractivity contribution is -0.109. The SMILES string of the molecule is COP(=O)(CC(F)(F)F)Oc1ccccc1. The number of halogens is 3. The molecule has 0 aliphatic carbocycles. The minimum absolute atomic E-state index is 0.0805. The van der Waals surface area contributed by atoms with Crippen molar-refractivity contribution in [1.29, 1.82) is 0 Å². The number of benzene rings is 1. The normalized spacial score (nSPS) is 15.5. The molecule has 0 saturated heterocycles. The summed E-state index contributed by atoms with van der Waals surface area (Å²) in [4.78, 5) is 0. The van der Waals surface area contributed by atoms with Crippen molar-refractivity contribution < 1.29 is 26.8 Å². The van der Waals surface area contributed by atoms with Crippen molar-refractivity contribution >= 4 is 7.60 Å². The molecule has 16 heavy (non-hydrogen) atoms. The Morgan fingerprint density at radius 3 is 2.25 bits per heavy atom.